The number of fused-ring (bicyclic) bond motifs is 2. The number of aliphatic hydroxyl groups excluding tert-OH is 2. The van der Waals surface area contributed by atoms with Gasteiger partial charge in [0.15, 0.2) is 12.0 Å². The second kappa shape index (κ2) is 6.99. The Labute approximate surface area is 210 Å². The van der Waals surface area contributed by atoms with E-state index in [1.54, 1.807) is 0 Å². The van der Waals surface area contributed by atoms with Crippen LogP contribution in [0.1, 0.15) is 51.0 Å². The lowest BCUT2D eigenvalue weighted by atomic mass is 9.54. The highest BCUT2D eigenvalue weighted by Crippen LogP contribution is 2.71. The van der Waals surface area contributed by atoms with Gasteiger partial charge in [-0.05, 0) is 86.9 Å². The van der Waals surface area contributed by atoms with E-state index in [9.17, 15) is 10.2 Å². The molecule has 2 bridgehead atoms. The predicted molar refractivity (Wildman–Crippen MR) is 134 cm³/mol. The predicted octanol–water partition coefficient (Wildman–Crippen LogP) is 4.29. The molecule has 35 heavy (non-hydrogen) atoms. The van der Waals surface area contributed by atoms with Crippen molar-refractivity contribution in [3.63, 3.8) is 0 Å². The number of alkyl halides is 1. The summed E-state index contributed by atoms with van der Waals surface area (Å²) < 4.78 is 12.7. The first-order valence-electron chi connectivity index (χ1n) is 12.8. The lowest BCUT2D eigenvalue weighted by Crippen LogP contribution is -2.68. The van der Waals surface area contributed by atoms with Gasteiger partial charge in [0.05, 0.1) is 22.2 Å². The average Bonchev–Trinajstić information content (AvgIpc) is 3.52. The molecule has 0 radical (unpaired) electrons. The average molecular weight is 497 g/mol. The summed E-state index contributed by atoms with van der Waals surface area (Å²) >= 11 is 7.52. The van der Waals surface area contributed by atoms with Crippen molar-refractivity contribution >= 4 is 28.3 Å². The number of likely N-dealkylation sites (N-methyl/N-ethyl adjacent to an activating group) is 1. The minimum absolute atomic E-state index is 0.0690. The van der Waals surface area contributed by atoms with Crippen molar-refractivity contribution in [3.8, 4) is 0 Å². The highest BCUT2D eigenvalue weighted by Gasteiger charge is 2.73. The Morgan fingerprint density at radius 3 is 2.77 bits per heavy atom. The zero-order valence-electron chi connectivity index (χ0n) is 20.5. The minimum Gasteiger partial charge on any atom is -0.443 e. The highest BCUT2D eigenvalue weighted by atomic mass is 35.5. The SMILES string of the molecule is CN(C)C1CC23CCC4(O2)C2CC=C(c5ccc6ocnc6c5)C2(C)CCC4(Cl)C=C3C(O)C1O. The molecule has 7 heteroatoms. The summed E-state index contributed by atoms with van der Waals surface area (Å²) in [7, 11) is 3.92. The van der Waals surface area contributed by atoms with Gasteiger partial charge in [-0.25, -0.2) is 4.98 Å². The zero-order chi connectivity index (χ0) is 24.4. The number of halogens is 1. The highest BCUT2D eigenvalue weighted by molar-refractivity contribution is 6.26. The Morgan fingerprint density at radius 1 is 1.14 bits per heavy atom. The van der Waals surface area contributed by atoms with Crippen molar-refractivity contribution in [2.24, 2.45) is 11.3 Å². The van der Waals surface area contributed by atoms with Gasteiger partial charge in [-0.3, -0.25) is 0 Å². The Hall–Kier alpha value is -1.70. The number of rotatable bonds is 2. The van der Waals surface area contributed by atoms with Crippen LogP contribution in [0.15, 0.2) is 46.7 Å². The fourth-order valence-electron chi connectivity index (χ4n) is 8.46. The van der Waals surface area contributed by atoms with E-state index in [0.717, 1.165) is 48.8 Å². The third-order valence-corrected chi connectivity index (χ3v) is 10.9. The second-order valence-electron chi connectivity index (χ2n) is 12.0. The van der Waals surface area contributed by atoms with Crippen LogP contribution in [0, 0.1) is 11.3 Å². The third kappa shape index (κ3) is 2.67. The van der Waals surface area contributed by atoms with E-state index in [2.05, 4.69) is 36.2 Å². The van der Waals surface area contributed by atoms with Crippen molar-refractivity contribution < 1.29 is 19.4 Å². The van der Waals surface area contributed by atoms with Gasteiger partial charge in [0.1, 0.15) is 11.6 Å². The summed E-state index contributed by atoms with van der Waals surface area (Å²) in [5.74, 6) is 0.239. The van der Waals surface area contributed by atoms with Crippen LogP contribution >= 0.6 is 11.6 Å². The van der Waals surface area contributed by atoms with Crippen molar-refractivity contribution in [3.05, 3.63) is 47.9 Å². The number of nitrogens with zero attached hydrogens (tertiary/aromatic N) is 2. The Balaban J connectivity index is 1.31. The molecule has 2 aromatic rings. The van der Waals surface area contributed by atoms with Crippen LogP contribution in [-0.2, 0) is 4.74 Å². The number of aromatic nitrogens is 1. The molecule has 1 aromatic carbocycles. The van der Waals surface area contributed by atoms with E-state index in [1.807, 2.05) is 25.1 Å². The molecule has 0 amide bonds. The van der Waals surface area contributed by atoms with Crippen LogP contribution in [0.4, 0.5) is 0 Å². The van der Waals surface area contributed by atoms with Crippen molar-refractivity contribution in [1.82, 2.24) is 9.88 Å². The van der Waals surface area contributed by atoms with Crippen LogP contribution in [-0.4, -0.2) is 68.5 Å². The molecule has 5 aliphatic rings. The summed E-state index contributed by atoms with van der Waals surface area (Å²) in [6.45, 7) is 2.38. The van der Waals surface area contributed by atoms with Crippen LogP contribution in [0.5, 0.6) is 0 Å². The molecule has 8 unspecified atom stereocenters. The molecular formula is C28H33ClN2O4. The molecule has 6 nitrogen and oxygen atoms in total. The molecule has 3 heterocycles. The molecule has 2 N–H and O–H groups in total. The topological polar surface area (TPSA) is 79.0 Å². The molecule has 3 aliphatic carbocycles. The maximum absolute atomic E-state index is 11.2. The van der Waals surface area contributed by atoms with E-state index in [1.165, 1.54) is 17.5 Å². The van der Waals surface area contributed by atoms with Gasteiger partial charge in [-0.15, -0.1) is 11.6 Å². The van der Waals surface area contributed by atoms with Crippen LogP contribution in [0.3, 0.4) is 0 Å². The Morgan fingerprint density at radius 2 is 1.97 bits per heavy atom. The fourth-order valence-corrected chi connectivity index (χ4v) is 8.93. The van der Waals surface area contributed by atoms with Crippen molar-refractivity contribution in [2.45, 2.75) is 79.8 Å². The maximum Gasteiger partial charge on any atom is 0.181 e. The molecule has 2 aliphatic heterocycles. The Kier molecular flexibility index (Phi) is 4.49. The molecule has 1 saturated heterocycles. The molecule has 1 aromatic heterocycles. The number of hydrogen-bond acceptors (Lipinski definition) is 6. The lowest BCUT2D eigenvalue weighted by molar-refractivity contribution is -0.199. The van der Waals surface area contributed by atoms with Gasteiger partial charge in [0, 0.05) is 12.0 Å². The van der Waals surface area contributed by atoms with E-state index < -0.39 is 28.3 Å². The molecule has 2 saturated carbocycles. The standard InChI is InChI=1S/C28H33ClN2O4/c1-25-8-10-27(29)13-18-23(32)24(33)20(31(2)3)14-26(18)9-11-28(27,35-26)22(25)7-5-17(25)16-4-6-21-19(12-16)30-15-34-21/h4-6,12-13,15,20,22-24,32-33H,7-11,14H2,1-3H3. The fraction of sp³-hybridized carbons (Fsp3) is 0.607. The van der Waals surface area contributed by atoms with Gasteiger partial charge >= 0.3 is 0 Å². The molecule has 7 rings (SSSR count). The smallest absolute Gasteiger partial charge is 0.181 e. The van der Waals surface area contributed by atoms with Gasteiger partial charge in [-0.1, -0.05) is 25.1 Å². The molecule has 186 valence electrons. The number of allylic oxidation sites excluding steroid dienone is 2. The van der Waals surface area contributed by atoms with Gasteiger partial charge in [-0.2, -0.15) is 0 Å². The summed E-state index contributed by atoms with van der Waals surface area (Å²) in [5.41, 5.74) is 3.89. The summed E-state index contributed by atoms with van der Waals surface area (Å²) in [5, 5.41) is 22.1. The molecule has 3 fully saturated rings. The quantitative estimate of drug-likeness (QED) is 0.477. The third-order valence-electron chi connectivity index (χ3n) is 10.3. The number of hydrogen-bond donors (Lipinski definition) is 2. The lowest BCUT2D eigenvalue weighted by Gasteiger charge is -2.61. The van der Waals surface area contributed by atoms with Gasteiger partial charge in [0.2, 0.25) is 0 Å². The second-order valence-corrected chi connectivity index (χ2v) is 12.7. The Bertz CT molecular complexity index is 1290. The van der Waals surface area contributed by atoms with Crippen LogP contribution in [0.25, 0.3) is 16.7 Å². The molecular weight excluding hydrogens is 464 g/mol. The van der Waals surface area contributed by atoms with E-state index in [-0.39, 0.29) is 17.4 Å². The largest absolute Gasteiger partial charge is 0.443 e. The number of benzene rings is 1. The summed E-state index contributed by atoms with van der Waals surface area (Å²) in [4.78, 5) is 5.70. The maximum atomic E-state index is 11.2. The number of aliphatic hydroxyl groups is 2. The van der Waals surface area contributed by atoms with Crippen molar-refractivity contribution in [2.75, 3.05) is 14.1 Å². The summed E-state index contributed by atoms with van der Waals surface area (Å²) in [6.07, 6.45) is 9.18. The number of oxazole rings is 1. The monoisotopic (exact) mass is 496 g/mol. The first-order chi connectivity index (χ1) is 16.6. The minimum atomic E-state index is -0.956. The first-order valence-corrected chi connectivity index (χ1v) is 13.2. The van der Waals surface area contributed by atoms with Crippen LogP contribution in [0.2, 0.25) is 0 Å². The summed E-state index contributed by atoms with van der Waals surface area (Å²) in [6, 6.07) is 6.12. The van der Waals surface area contributed by atoms with E-state index in [0.29, 0.717) is 6.42 Å². The van der Waals surface area contributed by atoms with E-state index in [4.69, 9.17) is 20.8 Å². The van der Waals surface area contributed by atoms with E-state index >= 15 is 0 Å². The zero-order valence-corrected chi connectivity index (χ0v) is 21.3. The molecule has 8 atom stereocenters. The first kappa shape index (κ1) is 22.5. The van der Waals surface area contributed by atoms with Crippen LogP contribution < -0.4 is 0 Å². The molecule has 2 spiro atoms. The van der Waals surface area contributed by atoms with Gasteiger partial charge < -0.3 is 24.3 Å². The van der Waals surface area contributed by atoms with Gasteiger partial charge in [0.25, 0.3) is 0 Å². The number of ether oxygens (including phenoxy) is 1. The normalized spacial score (nSPS) is 46.3. The van der Waals surface area contributed by atoms with Crippen molar-refractivity contribution in [1.29, 1.82) is 0 Å².